The Bertz CT molecular complexity index is 1130. The molecule has 156 valence electrons. The van der Waals surface area contributed by atoms with Crippen LogP contribution in [0.5, 0.6) is 0 Å². The highest BCUT2D eigenvalue weighted by Gasteiger charge is 2.22. The van der Waals surface area contributed by atoms with Crippen molar-refractivity contribution in [3.63, 3.8) is 0 Å². The molecule has 3 rings (SSSR count). The van der Waals surface area contributed by atoms with E-state index >= 15 is 0 Å². The minimum Gasteiger partial charge on any atom is -0.271 e. The van der Waals surface area contributed by atoms with E-state index in [2.05, 4.69) is 31.1 Å². The highest BCUT2D eigenvalue weighted by Crippen LogP contribution is 2.14. The van der Waals surface area contributed by atoms with Gasteiger partial charge in [-0.1, -0.05) is 11.6 Å². The summed E-state index contributed by atoms with van der Waals surface area (Å²) in [6, 6.07) is 10.6. The van der Waals surface area contributed by atoms with Gasteiger partial charge in [0.25, 0.3) is 11.8 Å². The Hall–Kier alpha value is -3.35. The molecule has 0 spiro atoms. The molecule has 1 unspecified atom stereocenters. The maximum atomic E-state index is 12.3. The van der Waals surface area contributed by atoms with Crippen LogP contribution >= 0.6 is 11.6 Å². The first-order chi connectivity index (χ1) is 14.3. The summed E-state index contributed by atoms with van der Waals surface area (Å²) >= 11 is 5.74. The van der Waals surface area contributed by atoms with Crippen molar-refractivity contribution in [2.24, 2.45) is 0 Å². The summed E-state index contributed by atoms with van der Waals surface area (Å²) in [5, 5.41) is 11.2. The standard InChI is InChI=1S/C17H16ClN7O4S/c1-11(22-30(28,29)15-8-4-13(18)5-9-15)16(26)20-21-17(27)12-2-6-14(7-3-12)25-10-19-23-24-25/h2-11,22H,1H3,(H,20,26)(H,21,27). The van der Waals surface area contributed by atoms with Crippen LogP contribution in [0.25, 0.3) is 5.69 Å². The van der Waals surface area contributed by atoms with Crippen molar-refractivity contribution < 1.29 is 18.0 Å². The van der Waals surface area contributed by atoms with Crippen LogP contribution in [0.1, 0.15) is 17.3 Å². The smallest absolute Gasteiger partial charge is 0.269 e. The Morgan fingerprint density at radius 3 is 2.30 bits per heavy atom. The Kier molecular flexibility index (Phi) is 6.40. The molecule has 13 heteroatoms. The molecular weight excluding hydrogens is 434 g/mol. The number of hydrazine groups is 1. The van der Waals surface area contributed by atoms with Gasteiger partial charge < -0.3 is 0 Å². The summed E-state index contributed by atoms with van der Waals surface area (Å²) in [6.45, 7) is 1.34. The summed E-state index contributed by atoms with van der Waals surface area (Å²) in [5.41, 5.74) is 5.32. The molecule has 0 aliphatic rings. The van der Waals surface area contributed by atoms with Crippen LogP contribution in [0.3, 0.4) is 0 Å². The molecule has 0 radical (unpaired) electrons. The third kappa shape index (κ3) is 5.17. The number of amides is 2. The number of halogens is 1. The first-order valence-corrected chi connectivity index (χ1v) is 10.3. The zero-order valence-electron chi connectivity index (χ0n) is 15.5. The van der Waals surface area contributed by atoms with E-state index in [-0.39, 0.29) is 10.5 Å². The molecular formula is C17H16ClN7O4S. The predicted octanol–water partition coefficient (Wildman–Crippen LogP) is 0.444. The average Bonchev–Trinajstić information content (AvgIpc) is 3.26. The number of carbonyl (C=O) groups excluding carboxylic acids is 2. The van der Waals surface area contributed by atoms with E-state index < -0.39 is 27.9 Å². The van der Waals surface area contributed by atoms with E-state index in [1.54, 1.807) is 12.1 Å². The normalized spacial score (nSPS) is 12.2. The quantitative estimate of drug-likeness (QED) is 0.462. The van der Waals surface area contributed by atoms with Crippen molar-refractivity contribution >= 4 is 33.4 Å². The Labute approximate surface area is 176 Å². The molecule has 3 aromatic rings. The highest BCUT2D eigenvalue weighted by atomic mass is 35.5. The van der Waals surface area contributed by atoms with Gasteiger partial charge in [0.05, 0.1) is 16.6 Å². The monoisotopic (exact) mass is 449 g/mol. The maximum absolute atomic E-state index is 12.3. The predicted molar refractivity (Wildman–Crippen MR) is 106 cm³/mol. The lowest BCUT2D eigenvalue weighted by Gasteiger charge is -2.15. The van der Waals surface area contributed by atoms with Crippen LogP contribution in [0.4, 0.5) is 0 Å². The molecule has 0 saturated heterocycles. The molecule has 3 N–H and O–H groups in total. The van der Waals surface area contributed by atoms with Crippen molar-refractivity contribution in [2.45, 2.75) is 17.9 Å². The van der Waals surface area contributed by atoms with E-state index in [1.165, 1.54) is 54.3 Å². The third-order valence-corrected chi connectivity index (χ3v) is 5.70. The highest BCUT2D eigenvalue weighted by molar-refractivity contribution is 7.89. The Morgan fingerprint density at radius 1 is 1.03 bits per heavy atom. The number of nitrogens with one attached hydrogen (secondary N) is 3. The number of nitrogens with zero attached hydrogens (tertiary/aromatic N) is 4. The van der Waals surface area contributed by atoms with Gasteiger partial charge in [0.15, 0.2) is 0 Å². The van der Waals surface area contributed by atoms with Crippen molar-refractivity contribution in [1.82, 2.24) is 35.8 Å². The van der Waals surface area contributed by atoms with Crippen LogP contribution in [-0.4, -0.2) is 46.5 Å². The second-order valence-electron chi connectivity index (χ2n) is 6.04. The van der Waals surface area contributed by atoms with Crippen LogP contribution in [0.15, 0.2) is 59.8 Å². The lowest BCUT2D eigenvalue weighted by Crippen LogP contribution is -2.51. The van der Waals surface area contributed by atoms with E-state index in [9.17, 15) is 18.0 Å². The Balaban J connectivity index is 1.55. The number of tetrazole rings is 1. The average molecular weight is 450 g/mol. The Morgan fingerprint density at radius 2 is 1.70 bits per heavy atom. The van der Waals surface area contributed by atoms with Crippen molar-refractivity contribution in [3.05, 3.63) is 65.4 Å². The fraction of sp³-hybridized carbons (Fsp3) is 0.118. The minimum absolute atomic E-state index is 0.0433. The van der Waals surface area contributed by atoms with Gasteiger partial charge in [-0.25, -0.2) is 13.1 Å². The first-order valence-electron chi connectivity index (χ1n) is 8.48. The molecule has 1 atom stereocenters. The summed E-state index contributed by atoms with van der Waals surface area (Å²) in [4.78, 5) is 24.3. The molecule has 0 bridgehead atoms. The van der Waals surface area contributed by atoms with Gasteiger partial charge in [-0.2, -0.15) is 4.72 Å². The summed E-state index contributed by atoms with van der Waals surface area (Å²) in [5.74, 6) is -1.33. The van der Waals surface area contributed by atoms with Crippen LogP contribution < -0.4 is 15.6 Å². The number of benzene rings is 2. The summed E-state index contributed by atoms with van der Waals surface area (Å²) < 4.78 is 28.3. The lowest BCUT2D eigenvalue weighted by atomic mass is 10.2. The van der Waals surface area contributed by atoms with Gasteiger partial charge in [-0.3, -0.25) is 20.4 Å². The molecule has 0 aliphatic carbocycles. The van der Waals surface area contributed by atoms with Gasteiger partial charge in [0.2, 0.25) is 10.0 Å². The molecule has 0 aliphatic heterocycles. The number of hydrogen-bond donors (Lipinski definition) is 3. The zero-order valence-corrected chi connectivity index (χ0v) is 17.1. The molecule has 11 nitrogen and oxygen atoms in total. The third-order valence-electron chi connectivity index (χ3n) is 3.89. The van der Waals surface area contributed by atoms with Gasteiger partial charge >= 0.3 is 0 Å². The van der Waals surface area contributed by atoms with E-state index in [0.29, 0.717) is 10.7 Å². The summed E-state index contributed by atoms with van der Waals surface area (Å²) in [7, 11) is -3.94. The fourth-order valence-corrected chi connectivity index (χ4v) is 3.64. The van der Waals surface area contributed by atoms with Gasteiger partial charge in [-0.05, 0) is 65.9 Å². The van der Waals surface area contributed by atoms with Gasteiger partial charge in [0.1, 0.15) is 6.33 Å². The maximum Gasteiger partial charge on any atom is 0.269 e. The second kappa shape index (κ2) is 8.98. The topological polar surface area (TPSA) is 148 Å². The molecule has 2 amide bonds. The van der Waals surface area contributed by atoms with Crippen LogP contribution in [-0.2, 0) is 14.8 Å². The second-order valence-corrected chi connectivity index (χ2v) is 8.19. The SMILES string of the molecule is CC(NS(=O)(=O)c1ccc(Cl)cc1)C(=O)NNC(=O)c1ccc(-n2cnnn2)cc1. The summed E-state index contributed by atoms with van der Waals surface area (Å²) in [6.07, 6.45) is 1.40. The van der Waals surface area contributed by atoms with E-state index in [1.807, 2.05) is 0 Å². The molecule has 0 fully saturated rings. The van der Waals surface area contributed by atoms with Crippen LogP contribution in [0, 0.1) is 0 Å². The first kappa shape index (κ1) is 21.4. The van der Waals surface area contributed by atoms with Crippen LogP contribution in [0.2, 0.25) is 5.02 Å². The van der Waals surface area contributed by atoms with E-state index in [0.717, 1.165) is 0 Å². The number of carbonyl (C=O) groups is 2. The van der Waals surface area contributed by atoms with Gasteiger partial charge in [-0.15, -0.1) is 5.10 Å². The molecule has 0 saturated carbocycles. The largest absolute Gasteiger partial charge is 0.271 e. The number of rotatable bonds is 6. The van der Waals surface area contributed by atoms with E-state index in [4.69, 9.17) is 11.6 Å². The number of sulfonamides is 1. The van der Waals surface area contributed by atoms with Crippen molar-refractivity contribution in [1.29, 1.82) is 0 Å². The molecule has 2 aromatic carbocycles. The molecule has 1 heterocycles. The minimum atomic E-state index is -3.94. The molecule has 30 heavy (non-hydrogen) atoms. The fourth-order valence-electron chi connectivity index (χ4n) is 2.31. The molecule has 1 aromatic heterocycles. The van der Waals surface area contributed by atoms with Gasteiger partial charge in [0, 0.05) is 10.6 Å². The lowest BCUT2D eigenvalue weighted by molar-refractivity contribution is -0.123. The number of hydrogen-bond acceptors (Lipinski definition) is 7. The zero-order chi connectivity index (χ0) is 21.7. The van der Waals surface area contributed by atoms with Crippen molar-refractivity contribution in [3.8, 4) is 5.69 Å². The van der Waals surface area contributed by atoms with Crippen molar-refractivity contribution in [2.75, 3.05) is 0 Å². The number of aromatic nitrogens is 4.